The third kappa shape index (κ3) is 3.23. The molecule has 0 amide bonds. The standard InChI is InChI=1S/C18H26O2/c1-3-14-5-7-16(8-6-14)13-18(17(19)20)11-9-15(4-2)10-12-18/h5-8,15H,3-4,9-13H2,1-2H3,(H,19,20). The molecule has 1 aromatic carbocycles. The summed E-state index contributed by atoms with van der Waals surface area (Å²) in [6.45, 7) is 4.35. The number of carbonyl (C=O) groups is 1. The fourth-order valence-corrected chi connectivity index (χ4v) is 3.39. The summed E-state index contributed by atoms with van der Waals surface area (Å²) in [5, 5.41) is 9.71. The van der Waals surface area contributed by atoms with Gasteiger partial charge in [-0.15, -0.1) is 0 Å². The molecule has 1 aliphatic carbocycles. The maximum absolute atomic E-state index is 11.8. The molecule has 1 N–H and O–H groups in total. The Morgan fingerprint density at radius 3 is 2.15 bits per heavy atom. The molecule has 2 rings (SSSR count). The first-order chi connectivity index (χ1) is 9.59. The number of carboxylic acids is 1. The Bertz CT molecular complexity index is 439. The minimum Gasteiger partial charge on any atom is -0.481 e. The van der Waals surface area contributed by atoms with Crippen LogP contribution in [0.25, 0.3) is 0 Å². The van der Waals surface area contributed by atoms with Crippen LogP contribution in [0.1, 0.15) is 57.1 Å². The van der Waals surface area contributed by atoms with E-state index in [9.17, 15) is 9.90 Å². The van der Waals surface area contributed by atoms with Crippen LogP contribution in [0.2, 0.25) is 0 Å². The van der Waals surface area contributed by atoms with Gasteiger partial charge in [0.25, 0.3) is 0 Å². The van der Waals surface area contributed by atoms with Crippen molar-refractivity contribution in [3.05, 3.63) is 35.4 Å². The van der Waals surface area contributed by atoms with E-state index >= 15 is 0 Å². The fourth-order valence-electron chi connectivity index (χ4n) is 3.39. The molecule has 0 atom stereocenters. The maximum Gasteiger partial charge on any atom is 0.309 e. The van der Waals surface area contributed by atoms with Crippen molar-refractivity contribution in [2.45, 2.75) is 58.8 Å². The topological polar surface area (TPSA) is 37.3 Å². The molecule has 20 heavy (non-hydrogen) atoms. The summed E-state index contributed by atoms with van der Waals surface area (Å²) in [4.78, 5) is 11.8. The Kier molecular flexibility index (Phi) is 4.85. The number of hydrogen-bond acceptors (Lipinski definition) is 1. The summed E-state index contributed by atoms with van der Waals surface area (Å²) in [5.41, 5.74) is 1.95. The SMILES string of the molecule is CCc1ccc(CC2(C(=O)O)CCC(CC)CC2)cc1. The molecule has 110 valence electrons. The molecule has 1 aromatic rings. The van der Waals surface area contributed by atoms with Crippen molar-refractivity contribution >= 4 is 5.97 Å². The average Bonchev–Trinajstić information content (AvgIpc) is 2.48. The second kappa shape index (κ2) is 6.43. The summed E-state index contributed by atoms with van der Waals surface area (Å²) in [6, 6.07) is 8.47. The van der Waals surface area contributed by atoms with Crippen LogP contribution in [-0.4, -0.2) is 11.1 Å². The van der Waals surface area contributed by atoms with Crippen LogP contribution in [0.4, 0.5) is 0 Å². The predicted octanol–water partition coefficient (Wildman–Crippen LogP) is 4.46. The van der Waals surface area contributed by atoms with Crippen LogP contribution in [0.15, 0.2) is 24.3 Å². The van der Waals surface area contributed by atoms with E-state index in [-0.39, 0.29) is 0 Å². The number of aryl methyl sites for hydroxylation is 1. The minimum atomic E-state index is -0.605. The second-order valence-corrected chi connectivity index (χ2v) is 6.28. The van der Waals surface area contributed by atoms with Crippen LogP contribution in [-0.2, 0) is 17.6 Å². The molecule has 0 radical (unpaired) electrons. The van der Waals surface area contributed by atoms with Crippen LogP contribution in [0.5, 0.6) is 0 Å². The Morgan fingerprint density at radius 2 is 1.70 bits per heavy atom. The lowest BCUT2D eigenvalue weighted by atomic mass is 9.67. The summed E-state index contributed by atoms with van der Waals surface area (Å²) < 4.78 is 0. The van der Waals surface area contributed by atoms with Crippen molar-refractivity contribution < 1.29 is 9.90 Å². The van der Waals surface area contributed by atoms with E-state index in [4.69, 9.17) is 0 Å². The molecule has 0 heterocycles. The lowest BCUT2D eigenvalue weighted by Gasteiger charge is -2.36. The highest BCUT2D eigenvalue weighted by atomic mass is 16.4. The van der Waals surface area contributed by atoms with E-state index in [1.54, 1.807) is 0 Å². The van der Waals surface area contributed by atoms with E-state index in [0.717, 1.165) is 38.0 Å². The van der Waals surface area contributed by atoms with E-state index < -0.39 is 11.4 Å². The highest BCUT2D eigenvalue weighted by Crippen LogP contribution is 2.42. The largest absolute Gasteiger partial charge is 0.481 e. The second-order valence-electron chi connectivity index (χ2n) is 6.28. The van der Waals surface area contributed by atoms with Crippen molar-refractivity contribution in [2.24, 2.45) is 11.3 Å². The Labute approximate surface area is 122 Å². The summed E-state index contributed by atoms with van der Waals surface area (Å²) >= 11 is 0. The van der Waals surface area contributed by atoms with Gasteiger partial charge in [-0.2, -0.15) is 0 Å². The minimum absolute atomic E-state index is 0.528. The molecule has 2 nitrogen and oxygen atoms in total. The fraction of sp³-hybridized carbons (Fsp3) is 0.611. The first-order valence-corrected chi connectivity index (χ1v) is 7.91. The van der Waals surface area contributed by atoms with E-state index in [0.29, 0.717) is 6.42 Å². The first kappa shape index (κ1) is 15.1. The van der Waals surface area contributed by atoms with Gasteiger partial charge in [0.15, 0.2) is 0 Å². The third-order valence-corrected chi connectivity index (χ3v) is 5.07. The van der Waals surface area contributed by atoms with Gasteiger partial charge in [0.05, 0.1) is 5.41 Å². The number of rotatable bonds is 5. The lowest BCUT2D eigenvalue weighted by Crippen LogP contribution is -2.37. The molecule has 0 spiro atoms. The predicted molar refractivity (Wildman–Crippen MR) is 81.8 cm³/mol. The van der Waals surface area contributed by atoms with E-state index in [1.165, 1.54) is 17.5 Å². The smallest absolute Gasteiger partial charge is 0.309 e. The number of hydrogen-bond donors (Lipinski definition) is 1. The first-order valence-electron chi connectivity index (χ1n) is 7.91. The van der Waals surface area contributed by atoms with Gasteiger partial charge in [0.1, 0.15) is 0 Å². The Hall–Kier alpha value is -1.31. The zero-order valence-electron chi connectivity index (χ0n) is 12.7. The summed E-state index contributed by atoms with van der Waals surface area (Å²) in [5.74, 6) is 0.122. The van der Waals surface area contributed by atoms with Gasteiger partial charge in [-0.3, -0.25) is 4.79 Å². The molecular formula is C18H26O2. The van der Waals surface area contributed by atoms with Crippen molar-refractivity contribution in [3.63, 3.8) is 0 Å². The zero-order valence-corrected chi connectivity index (χ0v) is 12.7. The summed E-state index contributed by atoms with van der Waals surface area (Å²) in [7, 11) is 0. The van der Waals surface area contributed by atoms with Gasteiger partial charge in [0.2, 0.25) is 0 Å². The van der Waals surface area contributed by atoms with Gasteiger partial charge in [-0.25, -0.2) is 0 Å². The molecule has 1 fully saturated rings. The van der Waals surface area contributed by atoms with Crippen molar-refractivity contribution in [2.75, 3.05) is 0 Å². The van der Waals surface area contributed by atoms with Gasteiger partial charge >= 0.3 is 5.97 Å². The van der Waals surface area contributed by atoms with Gasteiger partial charge < -0.3 is 5.11 Å². The van der Waals surface area contributed by atoms with E-state index in [1.807, 2.05) is 0 Å². The molecule has 1 saturated carbocycles. The van der Waals surface area contributed by atoms with Crippen LogP contribution < -0.4 is 0 Å². The van der Waals surface area contributed by atoms with Gasteiger partial charge in [0, 0.05) is 0 Å². The molecule has 0 unspecified atom stereocenters. The van der Waals surface area contributed by atoms with Crippen LogP contribution in [0, 0.1) is 11.3 Å². The number of benzene rings is 1. The van der Waals surface area contributed by atoms with Gasteiger partial charge in [-0.05, 0) is 55.6 Å². The molecule has 1 aliphatic rings. The van der Waals surface area contributed by atoms with E-state index in [2.05, 4.69) is 38.1 Å². The van der Waals surface area contributed by atoms with Crippen molar-refractivity contribution in [1.29, 1.82) is 0 Å². The van der Waals surface area contributed by atoms with Crippen LogP contribution >= 0.6 is 0 Å². The maximum atomic E-state index is 11.8. The van der Waals surface area contributed by atoms with Crippen molar-refractivity contribution in [3.8, 4) is 0 Å². The Morgan fingerprint density at radius 1 is 1.15 bits per heavy atom. The molecular weight excluding hydrogens is 248 g/mol. The van der Waals surface area contributed by atoms with Gasteiger partial charge in [-0.1, -0.05) is 44.5 Å². The molecule has 0 bridgehead atoms. The van der Waals surface area contributed by atoms with Crippen molar-refractivity contribution in [1.82, 2.24) is 0 Å². The quantitative estimate of drug-likeness (QED) is 0.860. The number of aliphatic carboxylic acids is 1. The molecule has 0 saturated heterocycles. The summed E-state index contributed by atoms with van der Waals surface area (Å²) in [6.07, 6.45) is 6.69. The highest BCUT2D eigenvalue weighted by Gasteiger charge is 2.41. The zero-order chi connectivity index (χ0) is 14.6. The lowest BCUT2D eigenvalue weighted by molar-refractivity contribution is -0.151. The monoisotopic (exact) mass is 274 g/mol. The normalized spacial score (nSPS) is 26.4. The highest BCUT2D eigenvalue weighted by molar-refractivity contribution is 5.75. The average molecular weight is 274 g/mol. The Balaban J connectivity index is 2.11. The van der Waals surface area contributed by atoms with Crippen LogP contribution in [0.3, 0.4) is 0 Å². The molecule has 2 heteroatoms. The number of carboxylic acid groups (broad SMARTS) is 1. The molecule has 0 aliphatic heterocycles. The molecule has 0 aromatic heterocycles. The third-order valence-electron chi connectivity index (χ3n) is 5.07.